The van der Waals surface area contributed by atoms with E-state index in [0.29, 0.717) is 6.04 Å². The summed E-state index contributed by atoms with van der Waals surface area (Å²) >= 11 is 0. The van der Waals surface area contributed by atoms with Gasteiger partial charge in [0, 0.05) is 25.0 Å². The Morgan fingerprint density at radius 3 is 1.64 bits per heavy atom. The molecule has 2 aromatic carbocycles. The van der Waals surface area contributed by atoms with Crippen molar-refractivity contribution in [1.29, 1.82) is 0 Å². The van der Waals surface area contributed by atoms with Crippen LogP contribution in [0, 0.1) is 5.92 Å². The zero-order valence-electron chi connectivity index (χ0n) is 15.6. The van der Waals surface area contributed by atoms with Gasteiger partial charge in [-0.1, -0.05) is 87.4 Å². The zero-order chi connectivity index (χ0) is 17.9. The monoisotopic (exact) mass is 337 g/mol. The summed E-state index contributed by atoms with van der Waals surface area (Å²) in [6.07, 6.45) is 5.76. The van der Waals surface area contributed by atoms with E-state index in [1.807, 2.05) is 0 Å². The second kappa shape index (κ2) is 10.8. The summed E-state index contributed by atoms with van der Waals surface area (Å²) in [6.45, 7) is 6.26. The van der Waals surface area contributed by atoms with Crippen LogP contribution < -0.4 is 0 Å². The molecular formula is C23H31NO. The molecule has 2 nitrogen and oxygen atoms in total. The molecule has 0 unspecified atom stereocenters. The Hall–Kier alpha value is -1.93. The molecule has 1 saturated carbocycles. The molecule has 0 saturated heterocycles. The topological polar surface area (TPSA) is 20.3 Å². The van der Waals surface area contributed by atoms with Gasteiger partial charge in [-0.15, -0.1) is 0 Å². The normalized spacial score (nSPS) is 18.8. The Kier molecular flexibility index (Phi) is 8.41. The first-order valence-electron chi connectivity index (χ1n) is 9.54. The van der Waals surface area contributed by atoms with Crippen LogP contribution in [0.1, 0.15) is 50.7 Å². The number of carbonyl (C=O) groups is 1. The Bertz CT molecular complexity index is 547. The molecule has 2 aromatic rings. The number of rotatable bonds is 7. The van der Waals surface area contributed by atoms with Gasteiger partial charge in [-0.3, -0.25) is 4.90 Å². The van der Waals surface area contributed by atoms with Crippen molar-refractivity contribution in [1.82, 2.24) is 4.90 Å². The van der Waals surface area contributed by atoms with Crippen LogP contribution in [-0.2, 0) is 17.9 Å². The third-order valence-corrected chi connectivity index (χ3v) is 4.82. The molecular weight excluding hydrogens is 306 g/mol. The van der Waals surface area contributed by atoms with Gasteiger partial charge in [-0.05, 0) is 24.0 Å². The van der Waals surface area contributed by atoms with E-state index >= 15 is 0 Å². The summed E-state index contributed by atoms with van der Waals surface area (Å²) in [5.74, 6) is 0.268. The van der Waals surface area contributed by atoms with Gasteiger partial charge in [0.1, 0.15) is 6.29 Å². The molecule has 134 valence electrons. The molecule has 25 heavy (non-hydrogen) atoms. The molecule has 0 N–H and O–H groups in total. The first kappa shape index (κ1) is 19.4. The number of carbonyl (C=O) groups excluding carboxylic acids is 1. The van der Waals surface area contributed by atoms with Gasteiger partial charge < -0.3 is 4.79 Å². The largest absolute Gasteiger partial charge is 0.303 e. The summed E-state index contributed by atoms with van der Waals surface area (Å²) in [6, 6.07) is 21.7. The van der Waals surface area contributed by atoms with Crippen molar-refractivity contribution >= 4 is 6.29 Å². The van der Waals surface area contributed by atoms with E-state index in [-0.39, 0.29) is 5.92 Å². The highest BCUT2D eigenvalue weighted by Gasteiger charge is 2.33. The smallest absolute Gasteiger partial charge is 0.123 e. The number of unbranched alkanes of at least 4 members (excludes halogenated alkanes) is 1. The van der Waals surface area contributed by atoms with Crippen molar-refractivity contribution in [2.45, 2.75) is 58.7 Å². The SMILES string of the molecule is CCCC.O=CC1CC(N(Cc2ccccc2)Cc2ccccc2)C1. The standard InChI is InChI=1S/C19H21NO.C4H10/c21-15-18-11-19(12-18)20(13-16-7-3-1-4-8-16)14-17-9-5-2-6-10-17;1-3-4-2/h1-10,15,18-19H,11-14H2;3-4H2,1-2H3. The van der Waals surface area contributed by atoms with Gasteiger partial charge in [-0.2, -0.15) is 0 Å². The summed E-state index contributed by atoms with van der Waals surface area (Å²) in [5, 5.41) is 0. The van der Waals surface area contributed by atoms with Crippen LogP contribution in [-0.4, -0.2) is 17.2 Å². The van der Waals surface area contributed by atoms with E-state index in [0.717, 1.165) is 32.2 Å². The van der Waals surface area contributed by atoms with Crippen LogP contribution in [0.15, 0.2) is 60.7 Å². The predicted octanol–water partition coefficient (Wildman–Crippen LogP) is 5.47. The average molecular weight is 338 g/mol. The summed E-state index contributed by atoms with van der Waals surface area (Å²) in [7, 11) is 0. The number of aldehydes is 1. The number of nitrogens with zero attached hydrogens (tertiary/aromatic N) is 1. The molecule has 0 aromatic heterocycles. The number of benzene rings is 2. The second-order valence-electron chi connectivity index (χ2n) is 6.90. The maximum absolute atomic E-state index is 10.9. The Morgan fingerprint density at radius 2 is 1.28 bits per heavy atom. The fourth-order valence-electron chi connectivity index (χ4n) is 2.99. The molecule has 0 radical (unpaired) electrons. The molecule has 3 rings (SSSR count). The fraction of sp³-hybridized carbons (Fsp3) is 0.435. The van der Waals surface area contributed by atoms with Crippen molar-refractivity contribution in [2.75, 3.05) is 0 Å². The van der Waals surface area contributed by atoms with Crippen molar-refractivity contribution in [3.8, 4) is 0 Å². The minimum absolute atomic E-state index is 0.268. The summed E-state index contributed by atoms with van der Waals surface area (Å²) in [5.41, 5.74) is 2.67. The maximum atomic E-state index is 10.9. The van der Waals surface area contributed by atoms with Crippen LogP contribution in [0.4, 0.5) is 0 Å². The van der Waals surface area contributed by atoms with E-state index in [9.17, 15) is 4.79 Å². The summed E-state index contributed by atoms with van der Waals surface area (Å²) < 4.78 is 0. The fourth-order valence-corrected chi connectivity index (χ4v) is 2.99. The number of hydrogen-bond acceptors (Lipinski definition) is 2. The molecule has 0 aliphatic heterocycles. The minimum atomic E-state index is 0.268. The highest BCUT2D eigenvalue weighted by molar-refractivity contribution is 5.55. The molecule has 1 aliphatic carbocycles. The second-order valence-corrected chi connectivity index (χ2v) is 6.90. The Balaban J connectivity index is 0.000000511. The van der Waals surface area contributed by atoms with Crippen molar-refractivity contribution in [3.05, 3.63) is 71.8 Å². The molecule has 1 fully saturated rings. The van der Waals surface area contributed by atoms with E-state index in [2.05, 4.69) is 79.4 Å². The van der Waals surface area contributed by atoms with Crippen LogP contribution >= 0.6 is 0 Å². The van der Waals surface area contributed by atoms with Crippen LogP contribution in [0.3, 0.4) is 0 Å². The van der Waals surface area contributed by atoms with Gasteiger partial charge in [-0.25, -0.2) is 0 Å². The zero-order valence-corrected chi connectivity index (χ0v) is 15.6. The van der Waals surface area contributed by atoms with E-state index in [1.54, 1.807) is 0 Å². The molecule has 0 bridgehead atoms. The first-order valence-corrected chi connectivity index (χ1v) is 9.54. The van der Waals surface area contributed by atoms with Crippen molar-refractivity contribution < 1.29 is 4.79 Å². The Morgan fingerprint density at radius 1 is 0.840 bits per heavy atom. The first-order chi connectivity index (χ1) is 12.3. The predicted molar refractivity (Wildman–Crippen MR) is 105 cm³/mol. The third kappa shape index (κ3) is 6.47. The quantitative estimate of drug-likeness (QED) is 0.624. The van der Waals surface area contributed by atoms with E-state index < -0.39 is 0 Å². The van der Waals surface area contributed by atoms with Gasteiger partial charge in [0.25, 0.3) is 0 Å². The van der Waals surface area contributed by atoms with Gasteiger partial charge in [0.2, 0.25) is 0 Å². The maximum Gasteiger partial charge on any atom is 0.123 e. The van der Waals surface area contributed by atoms with Gasteiger partial charge in [0.15, 0.2) is 0 Å². The molecule has 0 atom stereocenters. The lowest BCUT2D eigenvalue weighted by atomic mass is 9.80. The van der Waals surface area contributed by atoms with Gasteiger partial charge >= 0.3 is 0 Å². The van der Waals surface area contributed by atoms with Gasteiger partial charge in [0.05, 0.1) is 0 Å². The highest BCUT2D eigenvalue weighted by atomic mass is 16.1. The minimum Gasteiger partial charge on any atom is -0.303 e. The Labute approximate surface area is 152 Å². The number of hydrogen-bond donors (Lipinski definition) is 0. The van der Waals surface area contributed by atoms with Crippen LogP contribution in [0.25, 0.3) is 0 Å². The highest BCUT2D eigenvalue weighted by Crippen LogP contribution is 2.32. The lowest BCUT2D eigenvalue weighted by Crippen LogP contribution is -2.44. The third-order valence-electron chi connectivity index (χ3n) is 4.82. The van der Waals surface area contributed by atoms with Crippen LogP contribution in [0.2, 0.25) is 0 Å². The molecule has 0 spiro atoms. The molecule has 0 heterocycles. The molecule has 0 amide bonds. The molecule has 1 aliphatic rings. The average Bonchev–Trinajstić information content (AvgIpc) is 2.63. The van der Waals surface area contributed by atoms with Crippen molar-refractivity contribution in [3.63, 3.8) is 0 Å². The van der Waals surface area contributed by atoms with Crippen LogP contribution in [0.5, 0.6) is 0 Å². The van der Waals surface area contributed by atoms with E-state index in [4.69, 9.17) is 0 Å². The van der Waals surface area contributed by atoms with Crippen molar-refractivity contribution in [2.24, 2.45) is 5.92 Å². The lowest BCUT2D eigenvalue weighted by molar-refractivity contribution is -0.115. The molecule has 2 heteroatoms. The van der Waals surface area contributed by atoms with E-state index in [1.165, 1.54) is 24.0 Å². The lowest BCUT2D eigenvalue weighted by Gasteiger charge is -2.41. The summed E-state index contributed by atoms with van der Waals surface area (Å²) in [4.78, 5) is 13.4.